The van der Waals surface area contributed by atoms with E-state index < -0.39 is 5.41 Å². The summed E-state index contributed by atoms with van der Waals surface area (Å²) in [6.45, 7) is 9.86. The third kappa shape index (κ3) is 4.95. The Morgan fingerprint density at radius 1 is 1.20 bits per heavy atom. The molecule has 0 radical (unpaired) electrons. The van der Waals surface area contributed by atoms with Gasteiger partial charge in [0.1, 0.15) is 11.6 Å². The van der Waals surface area contributed by atoms with Gasteiger partial charge in [-0.25, -0.2) is 4.98 Å². The average Bonchev–Trinajstić information content (AvgIpc) is 2.62. The molecule has 0 aliphatic carbocycles. The molecule has 3 aromatic rings. The van der Waals surface area contributed by atoms with E-state index >= 15 is 0 Å². The van der Waals surface area contributed by atoms with Gasteiger partial charge in [-0.3, -0.25) is 4.79 Å². The highest BCUT2D eigenvalue weighted by Gasteiger charge is 2.23. The molecular weight excluding hydrogens is 534 g/mol. The normalized spacial score (nSPS) is 12.3. The molecule has 3 rings (SSSR count). The van der Waals surface area contributed by atoms with Gasteiger partial charge in [0.25, 0.3) is 5.56 Å². The number of hydrogen-bond acceptors (Lipinski definition) is 4. The first-order valence-electron chi connectivity index (χ1n) is 9.40. The molecule has 0 bridgehead atoms. The van der Waals surface area contributed by atoms with E-state index in [1.54, 1.807) is 24.4 Å². The summed E-state index contributed by atoms with van der Waals surface area (Å²) in [5.41, 5.74) is 0.650. The van der Waals surface area contributed by atoms with Crippen LogP contribution in [0.5, 0.6) is 5.75 Å². The number of ether oxygens (including phenoxy) is 1. The van der Waals surface area contributed by atoms with Crippen molar-refractivity contribution in [1.82, 2.24) is 9.66 Å². The van der Waals surface area contributed by atoms with Crippen molar-refractivity contribution in [3.8, 4) is 5.75 Å². The minimum Gasteiger partial charge on any atom is -0.489 e. The minimum absolute atomic E-state index is 0.0397. The van der Waals surface area contributed by atoms with E-state index in [0.717, 1.165) is 4.47 Å². The molecule has 8 heteroatoms. The quantitative estimate of drug-likeness (QED) is 0.344. The zero-order valence-corrected chi connectivity index (χ0v) is 21.3. The van der Waals surface area contributed by atoms with Crippen molar-refractivity contribution in [2.24, 2.45) is 5.10 Å². The van der Waals surface area contributed by atoms with Crippen LogP contribution < -0.4 is 10.3 Å². The zero-order chi connectivity index (χ0) is 22.2. The van der Waals surface area contributed by atoms with E-state index in [2.05, 4.69) is 37.0 Å². The highest BCUT2D eigenvalue weighted by molar-refractivity contribution is 9.10. The van der Waals surface area contributed by atoms with Gasteiger partial charge < -0.3 is 4.74 Å². The molecule has 158 valence electrons. The van der Waals surface area contributed by atoms with Crippen LogP contribution >= 0.6 is 43.5 Å². The Hall–Kier alpha value is -1.70. The molecule has 0 saturated heterocycles. The third-order valence-electron chi connectivity index (χ3n) is 4.18. The van der Waals surface area contributed by atoms with Gasteiger partial charge in [0.15, 0.2) is 0 Å². The lowest BCUT2D eigenvalue weighted by Crippen LogP contribution is -2.29. The zero-order valence-electron chi connectivity index (χ0n) is 17.3. The van der Waals surface area contributed by atoms with Crippen LogP contribution in [-0.4, -0.2) is 22.0 Å². The van der Waals surface area contributed by atoms with Gasteiger partial charge >= 0.3 is 0 Å². The maximum absolute atomic E-state index is 13.3. The first kappa shape index (κ1) is 23.0. The van der Waals surface area contributed by atoms with E-state index in [4.69, 9.17) is 21.3 Å². The van der Waals surface area contributed by atoms with Gasteiger partial charge in [0.05, 0.1) is 27.7 Å². The molecule has 0 spiro atoms. The summed E-state index contributed by atoms with van der Waals surface area (Å²) >= 11 is 13.2. The van der Waals surface area contributed by atoms with Gasteiger partial charge in [0.2, 0.25) is 0 Å². The summed E-state index contributed by atoms with van der Waals surface area (Å²) in [7, 11) is 0. The molecule has 1 aromatic heterocycles. The fourth-order valence-electron chi connectivity index (χ4n) is 2.90. The number of hydrogen-bond donors (Lipinski definition) is 0. The van der Waals surface area contributed by atoms with Crippen molar-refractivity contribution in [2.75, 3.05) is 0 Å². The Bertz CT molecular complexity index is 1200. The molecule has 0 saturated carbocycles. The number of halogens is 3. The van der Waals surface area contributed by atoms with Crippen molar-refractivity contribution in [1.29, 1.82) is 0 Å². The molecule has 0 aliphatic rings. The second-order valence-electron chi connectivity index (χ2n) is 8.18. The lowest BCUT2D eigenvalue weighted by molar-refractivity contribution is 0.240. The average molecular weight is 556 g/mol. The molecule has 30 heavy (non-hydrogen) atoms. The van der Waals surface area contributed by atoms with Crippen LogP contribution in [0.3, 0.4) is 0 Å². The predicted octanol–water partition coefficient (Wildman–Crippen LogP) is 6.54. The molecule has 0 atom stereocenters. The van der Waals surface area contributed by atoms with E-state index in [1.165, 1.54) is 4.68 Å². The molecule has 1 heterocycles. The first-order chi connectivity index (χ1) is 14.0. The fourth-order valence-corrected chi connectivity index (χ4v) is 4.19. The molecule has 0 fully saturated rings. The predicted molar refractivity (Wildman–Crippen MR) is 130 cm³/mol. The minimum atomic E-state index is -0.399. The Kier molecular flexibility index (Phi) is 6.75. The van der Waals surface area contributed by atoms with Gasteiger partial charge in [-0.2, -0.15) is 9.78 Å². The Morgan fingerprint density at radius 2 is 1.90 bits per heavy atom. The number of rotatable bonds is 4. The lowest BCUT2D eigenvalue weighted by atomic mass is 9.95. The number of aromatic nitrogens is 2. The molecule has 0 amide bonds. The summed E-state index contributed by atoms with van der Waals surface area (Å²) in [5, 5.41) is 5.53. The monoisotopic (exact) mass is 553 g/mol. The summed E-state index contributed by atoms with van der Waals surface area (Å²) < 4.78 is 8.80. The summed E-state index contributed by atoms with van der Waals surface area (Å²) in [6, 6.07) is 8.96. The van der Waals surface area contributed by atoms with Crippen molar-refractivity contribution in [2.45, 2.75) is 46.1 Å². The van der Waals surface area contributed by atoms with Gasteiger partial charge in [-0.1, -0.05) is 48.3 Å². The molecule has 5 nitrogen and oxygen atoms in total. The van der Waals surface area contributed by atoms with E-state index in [0.29, 0.717) is 37.5 Å². The second-order valence-corrected chi connectivity index (χ2v) is 10.4. The van der Waals surface area contributed by atoms with Crippen LogP contribution in [0.15, 0.2) is 49.2 Å². The third-order valence-corrected chi connectivity index (χ3v) is 5.48. The van der Waals surface area contributed by atoms with Gasteiger partial charge in [-0.05, 0) is 60.1 Å². The van der Waals surface area contributed by atoms with Crippen LogP contribution in [0, 0.1) is 0 Å². The van der Waals surface area contributed by atoms with Crippen LogP contribution in [0.1, 0.15) is 46.0 Å². The van der Waals surface area contributed by atoms with Crippen molar-refractivity contribution < 1.29 is 4.74 Å². The van der Waals surface area contributed by atoms with Gasteiger partial charge in [-0.15, -0.1) is 0 Å². The Balaban J connectivity index is 2.24. The van der Waals surface area contributed by atoms with Crippen LogP contribution in [0.4, 0.5) is 0 Å². The van der Waals surface area contributed by atoms with E-state index in [-0.39, 0.29) is 11.7 Å². The molecular formula is C22H22Br2ClN3O2. The largest absolute Gasteiger partial charge is 0.489 e. The van der Waals surface area contributed by atoms with Crippen LogP contribution in [0.2, 0.25) is 5.02 Å². The summed E-state index contributed by atoms with van der Waals surface area (Å²) in [6.07, 6.45) is 1.54. The van der Waals surface area contributed by atoms with Crippen molar-refractivity contribution >= 4 is 60.6 Å². The first-order valence-corrected chi connectivity index (χ1v) is 11.4. The lowest BCUT2D eigenvalue weighted by Gasteiger charge is -2.21. The number of fused-ring (bicyclic) bond motifs is 1. The van der Waals surface area contributed by atoms with E-state index in [9.17, 15) is 4.79 Å². The number of benzene rings is 2. The van der Waals surface area contributed by atoms with Gasteiger partial charge in [0, 0.05) is 20.5 Å². The van der Waals surface area contributed by atoms with Crippen LogP contribution in [0.25, 0.3) is 10.9 Å². The molecule has 2 aromatic carbocycles. The van der Waals surface area contributed by atoms with Crippen LogP contribution in [-0.2, 0) is 5.41 Å². The Morgan fingerprint density at radius 3 is 2.53 bits per heavy atom. The molecule has 0 N–H and O–H groups in total. The fraction of sp³-hybridized carbons (Fsp3) is 0.318. The Labute approximate surface area is 197 Å². The standard InChI is InChI=1S/C22H22Br2ClN3O2/c1-12(2)30-19-13(8-15(25)10-17(19)24)11-26-28-20(29)16-9-14(23)6-7-18(16)27-21(28)22(3,4)5/h6-12H,1-5H3. The maximum Gasteiger partial charge on any atom is 0.282 e. The SMILES string of the molecule is CC(C)Oc1c(Br)cc(Cl)cc1C=Nn1c(C(C)(C)C)nc2ccc(Br)cc2c1=O. The maximum atomic E-state index is 13.3. The van der Waals surface area contributed by atoms with Crippen molar-refractivity contribution in [3.05, 3.63) is 66.0 Å². The topological polar surface area (TPSA) is 56.5 Å². The number of nitrogens with zero attached hydrogens (tertiary/aromatic N) is 3. The summed E-state index contributed by atoms with van der Waals surface area (Å²) in [4.78, 5) is 18.0. The van der Waals surface area contributed by atoms with Crippen molar-refractivity contribution in [3.63, 3.8) is 0 Å². The van der Waals surface area contributed by atoms with E-state index in [1.807, 2.05) is 46.8 Å². The summed E-state index contributed by atoms with van der Waals surface area (Å²) in [5.74, 6) is 1.17. The highest BCUT2D eigenvalue weighted by Crippen LogP contribution is 2.33. The molecule has 0 aliphatic heterocycles. The second kappa shape index (κ2) is 8.81. The smallest absolute Gasteiger partial charge is 0.282 e. The highest BCUT2D eigenvalue weighted by atomic mass is 79.9. The molecule has 0 unspecified atom stereocenters.